The SMILES string of the molecule is COc1ccc(CC2=CC([C@@]3(OC)C[C@@H](OCc4ccccc4)C[C@@](C=O)(CO)O3)CC=C2Cl)c(F)c1F. The highest BCUT2D eigenvalue weighted by atomic mass is 35.5. The van der Waals surface area contributed by atoms with Crippen LogP contribution in [-0.2, 0) is 32.0 Å². The molecule has 6 nitrogen and oxygen atoms in total. The third-order valence-corrected chi connectivity index (χ3v) is 7.57. The van der Waals surface area contributed by atoms with Crippen LogP contribution in [0.15, 0.2) is 65.2 Å². The zero-order valence-electron chi connectivity index (χ0n) is 21.3. The first-order valence-corrected chi connectivity index (χ1v) is 12.7. The fourth-order valence-corrected chi connectivity index (χ4v) is 5.31. The molecule has 2 aromatic rings. The zero-order chi connectivity index (χ0) is 27.3. The van der Waals surface area contributed by atoms with Crippen LogP contribution in [0.2, 0.25) is 0 Å². The molecule has 1 aliphatic heterocycles. The first kappa shape index (κ1) is 28.4. The number of methoxy groups -OCH3 is 2. The normalized spacial score (nSPS) is 27.4. The van der Waals surface area contributed by atoms with Crippen LogP contribution in [0.1, 0.15) is 30.4 Å². The smallest absolute Gasteiger partial charge is 0.200 e. The quantitative estimate of drug-likeness (QED) is 0.409. The van der Waals surface area contributed by atoms with Crippen molar-refractivity contribution in [2.75, 3.05) is 20.8 Å². The maximum atomic E-state index is 14.7. The van der Waals surface area contributed by atoms with E-state index in [4.69, 9.17) is 30.5 Å². The van der Waals surface area contributed by atoms with E-state index in [1.165, 1.54) is 26.4 Å². The van der Waals surface area contributed by atoms with E-state index < -0.39 is 41.7 Å². The van der Waals surface area contributed by atoms with Gasteiger partial charge in [-0.05, 0) is 29.2 Å². The summed E-state index contributed by atoms with van der Waals surface area (Å²) in [5, 5.41) is 10.6. The monoisotopic (exact) mass is 548 g/mol. The summed E-state index contributed by atoms with van der Waals surface area (Å²) < 4.78 is 52.2. The van der Waals surface area contributed by atoms with Crippen molar-refractivity contribution < 1.29 is 37.6 Å². The van der Waals surface area contributed by atoms with Gasteiger partial charge in [-0.2, -0.15) is 4.39 Å². The number of hydrogen-bond acceptors (Lipinski definition) is 6. The molecule has 0 spiro atoms. The molecule has 0 amide bonds. The van der Waals surface area contributed by atoms with Gasteiger partial charge in [-0.3, -0.25) is 0 Å². The van der Waals surface area contributed by atoms with E-state index >= 15 is 0 Å². The lowest BCUT2D eigenvalue weighted by molar-refractivity contribution is -0.331. The second-order valence-electron chi connectivity index (χ2n) is 9.60. The van der Waals surface area contributed by atoms with Crippen molar-refractivity contribution in [2.45, 2.75) is 49.8 Å². The molecule has 1 saturated heterocycles. The summed E-state index contributed by atoms with van der Waals surface area (Å²) >= 11 is 6.48. The fourth-order valence-electron chi connectivity index (χ4n) is 5.09. The van der Waals surface area contributed by atoms with Crippen molar-refractivity contribution in [1.29, 1.82) is 0 Å². The number of aldehydes is 1. The highest BCUT2D eigenvalue weighted by Crippen LogP contribution is 2.46. The van der Waals surface area contributed by atoms with Crippen molar-refractivity contribution in [3.8, 4) is 5.75 Å². The Morgan fingerprint density at radius 3 is 2.55 bits per heavy atom. The highest BCUT2D eigenvalue weighted by Gasteiger charge is 2.54. The summed E-state index contributed by atoms with van der Waals surface area (Å²) in [6.45, 7) is -0.242. The minimum absolute atomic E-state index is 0.0190. The van der Waals surface area contributed by atoms with Crippen molar-refractivity contribution in [3.63, 3.8) is 0 Å². The number of carbonyl (C=O) groups excluding carboxylic acids is 1. The van der Waals surface area contributed by atoms with Gasteiger partial charge in [0.1, 0.15) is 0 Å². The van der Waals surface area contributed by atoms with Gasteiger partial charge < -0.3 is 28.8 Å². The number of rotatable bonds is 10. The van der Waals surface area contributed by atoms with Gasteiger partial charge in [-0.25, -0.2) is 4.39 Å². The predicted molar refractivity (Wildman–Crippen MR) is 138 cm³/mol. The Kier molecular flexibility index (Phi) is 9.00. The van der Waals surface area contributed by atoms with Gasteiger partial charge in [-0.15, -0.1) is 0 Å². The molecule has 0 radical (unpaired) electrons. The first-order chi connectivity index (χ1) is 18.3. The van der Waals surface area contributed by atoms with E-state index in [9.17, 15) is 18.7 Å². The minimum Gasteiger partial charge on any atom is -0.494 e. The lowest BCUT2D eigenvalue weighted by atomic mass is 9.79. The third-order valence-electron chi connectivity index (χ3n) is 7.17. The van der Waals surface area contributed by atoms with Crippen molar-refractivity contribution in [1.82, 2.24) is 0 Å². The van der Waals surface area contributed by atoms with Crippen LogP contribution in [-0.4, -0.2) is 49.7 Å². The van der Waals surface area contributed by atoms with E-state index in [1.807, 2.05) is 30.3 Å². The van der Waals surface area contributed by atoms with Crippen molar-refractivity contribution in [2.24, 2.45) is 5.92 Å². The number of allylic oxidation sites excluding steroid dienone is 3. The van der Waals surface area contributed by atoms with E-state index in [-0.39, 0.29) is 30.6 Å². The van der Waals surface area contributed by atoms with Crippen LogP contribution < -0.4 is 4.74 Å². The minimum atomic E-state index is -1.53. The average molecular weight is 549 g/mol. The Morgan fingerprint density at radius 2 is 1.89 bits per heavy atom. The molecule has 1 unspecified atom stereocenters. The largest absolute Gasteiger partial charge is 0.494 e. The van der Waals surface area contributed by atoms with Gasteiger partial charge in [0, 0.05) is 37.3 Å². The molecular formula is C29H31ClF2O6. The molecule has 2 aliphatic rings. The molecule has 204 valence electrons. The molecule has 1 fully saturated rings. The number of benzene rings is 2. The Morgan fingerprint density at radius 1 is 1.13 bits per heavy atom. The number of halogens is 3. The van der Waals surface area contributed by atoms with Gasteiger partial charge >= 0.3 is 0 Å². The molecule has 38 heavy (non-hydrogen) atoms. The third kappa shape index (κ3) is 5.84. The molecule has 0 aromatic heterocycles. The molecule has 0 bridgehead atoms. The van der Waals surface area contributed by atoms with Gasteiger partial charge in [0.25, 0.3) is 0 Å². The molecule has 4 atom stereocenters. The molecule has 9 heteroatoms. The first-order valence-electron chi connectivity index (χ1n) is 12.3. The van der Waals surface area contributed by atoms with Crippen LogP contribution in [0, 0.1) is 17.6 Å². The zero-order valence-corrected chi connectivity index (χ0v) is 22.0. The number of hydrogen-bond donors (Lipinski definition) is 1. The summed E-state index contributed by atoms with van der Waals surface area (Å²) in [7, 11) is 2.74. The Balaban J connectivity index is 1.63. The van der Waals surface area contributed by atoms with Crippen molar-refractivity contribution >= 4 is 17.9 Å². The second kappa shape index (κ2) is 12.1. The van der Waals surface area contributed by atoms with Gasteiger partial charge in [0.15, 0.2) is 29.2 Å². The van der Waals surface area contributed by atoms with E-state index in [0.29, 0.717) is 29.9 Å². The Hall–Kier alpha value is -2.62. The highest BCUT2D eigenvalue weighted by molar-refractivity contribution is 6.32. The van der Waals surface area contributed by atoms with Crippen LogP contribution in [0.3, 0.4) is 0 Å². The molecule has 4 rings (SSSR count). The van der Waals surface area contributed by atoms with Gasteiger partial charge in [-0.1, -0.05) is 60.2 Å². The predicted octanol–water partition coefficient (Wildman–Crippen LogP) is 5.25. The van der Waals surface area contributed by atoms with E-state index in [1.54, 1.807) is 12.2 Å². The Bertz CT molecular complexity index is 1200. The number of carbonyl (C=O) groups is 1. The summed E-state index contributed by atoms with van der Waals surface area (Å²) in [6, 6.07) is 12.4. The van der Waals surface area contributed by atoms with E-state index in [0.717, 1.165) is 5.56 Å². The molecule has 0 saturated carbocycles. The van der Waals surface area contributed by atoms with Crippen LogP contribution in [0.5, 0.6) is 5.75 Å². The van der Waals surface area contributed by atoms with Gasteiger partial charge in [0.05, 0.1) is 26.4 Å². The van der Waals surface area contributed by atoms with E-state index in [2.05, 4.69) is 0 Å². The number of ether oxygens (including phenoxy) is 4. The molecule has 1 N–H and O–H groups in total. The fraction of sp³-hybridized carbons (Fsp3) is 0.414. The Labute approximate surface area is 225 Å². The lowest BCUT2D eigenvalue weighted by Gasteiger charge is -2.50. The summed E-state index contributed by atoms with van der Waals surface area (Å²) in [5.74, 6) is -4.06. The lowest BCUT2D eigenvalue weighted by Crippen LogP contribution is -2.60. The maximum Gasteiger partial charge on any atom is 0.200 e. The summed E-state index contributed by atoms with van der Waals surface area (Å²) in [5.41, 5.74) is 0.102. The molecule has 2 aromatic carbocycles. The molecule has 1 aliphatic carbocycles. The topological polar surface area (TPSA) is 74.2 Å². The van der Waals surface area contributed by atoms with Crippen LogP contribution in [0.25, 0.3) is 0 Å². The maximum absolute atomic E-state index is 14.7. The summed E-state index contributed by atoms with van der Waals surface area (Å²) in [4.78, 5) is 12.2. The number of aliphatic hydroxyl groups is 1. The second-order valence-corrected chi connectivity index (χ2v) is 10.0. The van der Waals surface area contributed by atoms with Crippen LogP contribution >= 0.6 is 11.6 Å². The molecular weight excluding hydrogens is 518 g/mol. The average Bonchev–Trinajstić information content (AvgIpc) is 2.95. The van der Waals surface area contributed by atoms with Crippen molar-refractivity contribution in [3.05, 3.63) is 88.0 Å². The standard InChI is InChI=1S/C29H31ClF2O6/c1-35-25-11-8-20(26(31)27(25)32)12-21-13-22(9-10-24(21)30)29(36-2)15-23(14-28(17-33,18-34)38-29)37-16-19-6-4-3-5-7-19/h3-8,10-11,13,17,22-23,34H,9,12,14-16,18H2,1-2H3/t22?,23-,28+,29+/m0/s1. The summed E-state index contributed by atoms with van der Waals surface area (Å²) in [6.07, 6.45) is 4.54. The van der Waals surface area contributed by atoms with Gasteiger partial charge in [0.2, 0.25) is 5.82 Å². The number of aliphatic hydroxyl groups excluding tert-OH is 1. The molecule has 1 heterocycles. The van der Waals surface area contributed by atoms with Crippen LogP contribution in [0.4, 0.5) is 8.78 Å².